The lowest BCUT2D eigenvalue weighted by Crippen LogP contribution is -2.20. The maximum atomic E-state index is 12.9. The van der Waals surface area contributed by atoms with E-state index in [2.05, 4.69) is 31.4 Å². The van der Waals surface area contributed by atoms with Crippen LogP contribution in [0.5, 0.6) is 0 Å². The molecule has 1 N–H and O–H groups in total. The molecule has 0 aliphatic rings. The molecule has 0 fully saturated rings. The number of benzene rings is 1. The lowest BCUT2D eigenvalue weighted by molar-refractivity contribution is -0.142. The molecule has 1 amide bonds. The van der Waals surface area contributed by atoms with Crippen molar-refractivity contribution in [3.8, 4) is 0 Å². The monoisotopic (exact) mass is 509 g/mol. The van der Waals surface area contributed by atoms with Gasteiger partial charge in [-0.1, -0.05) is 12.1 Å². The number of nitrogens with zero attached hydrogens (tertiary/aromatic N) is 4. The average molecular weight is 510 g/mol. The van der Waals surface area contributed by atoms with Gasteiger partial charge in [0.05, 0.1) is 34.2 Å². The number of hydrogen-bond donors (Lipinski definition) is 1. The van der Waals surface area contributed by atoms with Gasteiger partial charge in [-0.05, 0) is 40.5 Å². The van der Waals surface area contributed by atoms with Gasteiger partial charge >= 0.3 is 12.4 Å². The highest BCUT2D eigenvalue weighted by Gasteiger charge is 2.38. The van der Waals surface area contributed by atoms with Crippen LogP contribution < -0.4 is 5.32 Å². The van der Waals surface area contributed by atoms with Crippen molar-refractivity contribution in [2.24, 2.45) is 0 Å². The number of hydrogen-bond acceptors (Lipinski definition) is 3. The minimum absolute atomic E-state index is 0.0277. The van der Waals surface area contributed by atoms with Crippen molar-refractivity contribution in [2.75, 3.05) is 5.32 Å². The van der Waals surface area contributed by atoms with Crippen LogP contribution in [-0.4, -0.2) is 25.5 Å². The second kappa shape index (κ2) is 8.36. The number of nitrogens with one attached hydrogen (secondary N) is 1. The van der Waals surface area contributed by atoms with Gasteiger partial charge in [-0.15, -0.1) is 0 Å². The second-order valence-corrected chi connectivity index (χ2v) is 7.37. The number of anilines is 1. The zero-order chi connectivity index (χ0) is 23.0. The van der Waals surface area contributed by atoms with E-state index in [9.17, 15) is 31.1 Å². The van der Waals surface area contributed by atoms with Crippen molar-refractivity contribution in [2.45, 2.75) is 32.4 Å². The quantitative estimate of drug-likeness (QED) is 0.499. The summed E-state index contributed by atoms with van der Waals surface area (Å²) in [7, 11) is 0. The molecule has 0 bridgehead atoms. The molecular formula is C18H14BrF6N5O. The highest BCUT2D eigenvalue weighted by molar-refractivity contribution is 9.10. The molecule has 3 rings (SSSR count). The fraction of sp³-hybridized carbons (Fsp3) is 0.278. The maximum Gasteiger partial charge on any atom is 0.436 e. The van der Waals surface area contributed by atoms with Crippen molar-refractivity contribution in [3.05, 3.63) is 63.6 Å². The number of amides is 1. The third-order valence-corrected chi connectivity index (χ3v) is 5.16. The number of carbonyl (C=O) groups is 1. The standard InChI is InChI=1S/C18H14BrF6N5O/c1-10-15(19)16(18(23,24)25)28-30(10)9-14(31)27-13-6-26-29(8-13)7-11-3-2-4-12(5-11)17(20,21)22/h2-6,8H,7,9H2,1H3,(H,27,31). The van der Waals surface area contributed by atoms with Gasteiger partial charge in [0.2, 0.25) is 5.91 Å². The first-order valence-electron chi connectivity index (χ1n) is 8.63. The van der Waals surface area contributed by atoms with Gasteiger partial charge in [0.1, 0.15) is 6.54 Å². The fourth-order valence-corrected chi connectivity index (χ4v) is 3.25. The predicted octanol–water partition coefficient (Wildman–Crippen LogP) is 4.88. The molecule has 0 aliphatic heterocycles. The Morgan fingerprint density at radius 2 is 1.87 bits per heavy atom. The lowest BCUT2D eigenvalue weighted by Gasteiger charge is -2.08. The number of alkyl halides is 6. The molecule has 1 aromatic carbocycles. The summed E-state index contributed by atoms with van der Waals surface area (Å²) in [5.74, 6) is -0.648. The van der Waals surface area contributed by atoms with Crippen LogP contribution in [0.2, 0.25) is 0 Å². The zero-order valence-corrected chi connectivity index (χ0v) is 17.3. The summed E-state index contributed by atoms with van der Waals surface area (Å²) < 4.78 is 79.2. The van der Waals surface area contributed by atoms with E-state index in [0.29, 0.717) is 5.56 Å². The van der Waals surface area contributed by atoms with Crippen LogP contribution in [0.4, 0.5) is 32.0 Å². The van der Waals surface area contributed by atoms with Crippen LogP contribution in [0.15, 0.2) is 41.1 Å². The van der Waals surface area contributed by atoms with Crippen LogP contribution in [0.1, 0.15) is 22.5 Å². The first-order valence-corrected chi connectivity index (χ1v) is 9.42. The summed E-state index contributed by atoms with van der Waals surface area (Å²) in [5, 5.41) is 9.86. The van der Waals surface area contributed by atoms with Crippen molar-refractivity contribution >= 4 is 27.5 Å². The summed E-state index contributed by atoms with van der Waals surface area (Å²) in [6, 6.07) is 4.74. The largest absolute Gasteiger partial charge is 0.436 e. The van der Waals surface area contributed by atoms with Crippen molar-refractivity contribution in [1.29, 1.82) is 0 Å². The molecule has 0 saturated carbocycles. The van der Waals surface area contributed by atoms with E-state index in [1.54, 1.807) is 0 Å². The Morgan fingerprint density at radius 3 is 2.48 bits per heavy atom. The molecule has 0 saturated heterocycles. The third kappa shape index (κ3) is 5.46. The SMILES string of the molecule is Cc1c(Br)c(C(F)(F)F)nn1CC(=O)Nc1cnn(Cc2cccc(C(F)(F)F)c2)c1. The van der Waals surface area contributed by atoms with E-state index < -0.39 is 36.1 Å². The summed E-state index contributed by atoms with van der Waals surface area (Å²) in [5.41, 5.74) is -1.21. The van der Waals surface area contributed by atoms with Crippen LogP contribution in [0.3, 0.4) is 0 Å². The average Bonchev–Trinajstić information content (AvgIpc) is 3.20. The number of carbonyl (C=O) groups excluding carboxylic acids is 1. The first-order chi connectivity index (χ1) is 14.3. The Balaban J connectivity index is 1.66. The van der Waals surface area contributed by atoms with E-state index in [1.807, 2.05) is 0 Å². The molecule has 6 nitrogen and oxygen atoms in total. The minimum atomic E-state index is -4.67. The van der Waals surface area contributed by atoms with Gasteiger partial charge in [-0.2, -0.15) is 36.5 Å². The van der Waals surface area contributed by atoms with Gasteiger partial charge in [0, 0.05) is 6.20 Å². The lowest BCUT2D eigenvalue weighted by atomic mass is 10.1. The third-order valence-electron chi connectivity index (χ3n) is 4.21. The number of aromatic nitrogens is 4. The van der Waals surface area contributed by atoms with Gasteiger partial charge in [-0.25, -0.2) is 0 Å². The Morgan fingerprint density at radius 1 is 1.16 bits per heavy atom. The molecule has 3 aromatic rings. The highest BCUT2D eigenvalue weighted by atomic mass is 79.9. The van der Waals surface area contributed by atoms with Crippen molar-refractivity contribution in [3.63, 3.8) is 0 Å². The molecule has 0 aliphatic carbocycles. The molecule has 0 atom stereocenters. The van der Waals surface area contributed by atoms with Gasteiger partial charge < -0.3 is 5.32 Å². The van der Waals surface area contributed by atoms with E-state index >= 15 is 0 Å². The van der Waals surface area contributed by atoms with Gasteiger partial charge in [0.25, 0.3) is 0 Å². The fourth-order valence-electron chi connectivity index (χ4n) is 2.74. The highest BCUT2D eigenvalue weighted by Crippen LogP contribution is 2.35. The summed E-state index contributed by atoms with van der Waals surface area (Å²) in [6.45, 7) is 0.936. The topological polar surface area (TPSA) is 64.7 Å². The van der Waals surface area contributed by atoms with Crippen molar-refractivity contribution in [1.82, 2.24) is 19.6 Å². The van der Waals surface area contributed by atoms with Crippen LogP contribution in [0, 0.1) is 6.92 Å². The molecule has 2 aromatic heterocycles. The predicted molar refractivity (Wildman–Crippen MR) is 101 cm³/mol. The molecule has 0 spiro atoms. The number of halogens is 7. The van der Waals surface area contributed by atoms with Crippen molar-refractivity contribution < 1.29 is 31.1 Å². The molecule has 13 heteroatoms. The van der Waals surface area contributed by atoms with E-state index in [0.717, 1.165) is 16.8 Å². The molecule has 2 heterocycles. The Hall–Kier alpha value is -2.83. The number of rotatable bonds is 5. The van der Waals surface area contributed by atoms with E-state index in [1.165, 1.54) is 36.1 Å². The summed E-state index contributed by atoms with van der Waals surface area (Å²) in [6.07, 6.45) is -6.47. The zero-order valence-electron chi connectivity index (χ0n) is 15.7. The van der Waals surface area contributed by atoms with Gasteiger partial charge in [0.15, 0.2) is 5.69 Å². The molecule has 0 unspecified atom stereocenters. The molecule has 0 radical (unpaired) electrons. The Kier molecular flexibility index (Phi) is 6.16. The Labute approximate surface area is 180 Å². The first kappa shape index (κ1) is 22.8. The molecule has 166 valence electrons. The molecule has 31 heavy (non-hydrogen) atoms. The van der Waals surface area contributed by atoms with Crippen LogP contribution in [0.25, 0.3) is 0 Å². The molecular weight excluding hydrogens is 496 g/mol. The smallest absolute Gasteiger partial charge is 0.322 e. The second-order valence-electron chi connectivity index (χ2n) is 6.58. The van der Waals surface area contributed by atoms with Gasteiger partial charge in [-0.3, -0.25) is 14.2 Å². The normalized spacial score (nSPS) is 12.3. The van der Waals surface area contributed by atoms with Crippen LogP contribution in [-0.2, 0) is 30.2 Å². The Bertz CT molecular complexity index is 1100. The summed E-state index contributed by atoms with van der Waals surface area (Å²) in [4.78, 5) is 12.2. The van der Waals surface area contributed by atoms with E-state index in [-0.39, 0.29) is 22.4 Å². The minimum Gasteiger partial charge on any atom is -0.322 e. The maximum absolute atomic E-state index is 12.9. The van der Waals surface area contributed by atoms with Crippen LogP contribution >= 0.6 is 15.9 Å². The summed E-state index contributed by atoms with van der Waals surface area (Å²) >= 11 is 2.83. The van der Waals surface area contributed by atoms with E-state index in [4.69, 9.17) is 0 Å².